The summed E-state index contributed by atoms with van der Waals surface area (Å²) >= 11 is 6.15. The second-order valence-electron chi connectivity index (χ2n) is 4.18. The van der Waals surface area contributed by atoms with Crippen LogP contribution in [0.2, 0.25) is 0 Å². The van der Waals surface area contributed by atoms with Crippen LogP contribution in [0.25, 0.3) is 0 Å². The summed E-state index contributed by atoms with van der Waals surface area (Å²) in [5.74, 6) is 0.359. The molecule has 0 aliphatic carbocycles. The van der Waals surface area contributed by atoms with Crippen LogP contribution in [0, 0.1) is 23.0 Å². The zero-order chi connectivity index (χ0) is 12.3. The Labute approximate surface area is 99.8 Å². The van der Waals surface area contributed by atoms with Gasteiger partial charge in [-0.15, -0.1) is 11.6 Å². The van der Waals surface area contributed by atoms with Crippen molar-refractivity contribution in [2.75, 3.05) is 0 Å². The molecule has 0 aliphatic rings. The second kappa shape index (κ2) is 5.25. The van der Waals surface area contributed by atoms with Crippen LogP contribution in [-0.4, -0.2) is 15.3 Å². The molecule has 1 rings (SSSR count). The van der Waals surface area contributed by atoms with Crippen molar-refractivity contribution in [3.63, 3.8) is 0 Å². The Balaban J connectivity index is 2.87. The number of rotatable bonds is 4. The van der Waals surface area contributed by atoms with Crippen LogP contribution in [0.15, 0.2) is 12.3 Å². The summed E-state index contributed by atoms with van der Waals surface area (Å²) in [5.41, 5.74) is 1.68. The number of nitro groups is 1. The molecule has 0 saturated heterocycles. The van der Waals surface area contributed by atoms with E-state index in [1.807, 2.05) is 20.8 Å². The van der Waals surface area contributed by atoms with Crippen LogP contribution in [0.4, 0.5) is 5.69 Å². The van der Waals surface area contributed by atoms with Crippen molar-refractivity contribution < 1.29 is 4.92 Å². The van der Waals surface area contributed by atoms with E-state index in [0.717, 1.165) is 11.3 Å². The first-order valence-corrected chi connectivity index (χ1v) is 5.59. The third kappa shape index (κ3) is 3.17. The van der Waals surface area contributed by atoms with Crippen molar-refractivity contribution in [2.45, 2.75) is 32.6 Å². The third-order valence-electron chi connectivity index (χ3n) is 2.49. The Hall–Kier alpha value is -1.16. The lowest BCUT2D eigenvalue weighted by Gasteiger charge is -2.13. The molecule has 0 saturated carbocycles. The Bertz CT molecular complexity index is 394. The highest BCUT2D eigenvalue weighted by Gasteiger charge is 2.15. The molecule has 5 heteroatoms. The summed E-state index contributed by atoms with van der Waals surface area (Å²) in [6.07, 6.45) is 1.93. The van der Waals surface area contributed by atoms with Crippen molar-refractivity contribution >= 4 is 17.3 Å². The fourth-order valence-electron chi connectivity index (χ4n) is 1.32. The molecule has 1 unspecified atom stereocenters. The molecule has 0 spiro atoms. The molecule has 0 aliphatic heterocycles. The summed E-state index contributed by atoms with van der Waals surface area (Å²) in [6, 6.07) is 1.53. The molecule has 1 aromatic rings. The number of pyridine rings is 1. The van der Waals surface area contributed by atoms with E-state index in [1.54, 1.807) is 0 Å². The quantitative estimate of drug-likeness (QED) is 0.463. The van der Waals surface area contributed by atoms with Crippen LogP contribution in [-0.2, 0) is 6.42 Å². The van der Waals surface area contributed by atoms with Crippen molar-refractivity contribution in [3.8, 4) is 0 Å². The van der Waals surface area contributed by atoms with Crippen LogP contribution < -0.4 is 0 Å². The van der Waals surface area contributed by atoms with E-state index in [9.17, 15) is 10.1 Å². The van der Waals surface area contributed by atoms with Gasteiger partial charge in [0.1, 0.15) is 6.20 Å². The number of aromatic nitrogens is 1. The lowest BCUT2D eigenvalue weighted by atomic mass is 10.0. The Morgan fingerprint density at radius 1 is 1.56 bits per heavy atom. The number of alkyl halides is 1. The first kappa shape index (κ1) is 12.9. The molecule has 0 fully saturated rings. The summed E-state index contributed by atoms with van der Waals surface area (Å²) < 4.78 is 0. The first-order chi connectivity index (χ1) is 7.41. The maximum absolute atomic E-state index is 10.5. The van der Waals surface area contributed by atoms with Gasteiger partial charge in [-0.2, -0.15) is 0 Å². The van der Waals surface area contributed by atoms with Gasteiger partial charge < -0.3 is 0 Å². The van der Waals surface area contributed by atoms with Gasteiger partial charge in [-0.25, -0.2) is 0 Å². The monoisotopic (exact) mass is 242 g/mol. The lowest BCUT2D eigenvalue weighted by Crippen LogP contribution is -2.13. The van der Waals surface area contributed by atoms with E-state index in [0.29, 0.717) is 12.3 Å². The highest BCUT2D eigenvalue weighted by Crippen LogP contribution is 2.19. The van der Waals surface area contributed by atoms with Crippen LogP contribution in [0.5, 0.6) is 0 Å². The third-order valence-corrected chi connectivity index (χ3v) is 3.15. The van der Waals surface area contributed by atoms with Crippen molar-refractivity contribution in [3.05, 3.63) is 33.6 Å². The number of hydrogen-bond acceptors (Lipinski definition) is 3. The van der Waals surface area contributed by atoms with Crippen LogP contribution >= 0.6 is 11.6 Å². The van der Waals surface area contributed by atoms with Gasteiger partial charge in [0, 0.05) is 23.6 Å². The minimum Gasteiger partial charge on any atom is -0.258 e. The Morgan fingerprint density at radius 2 is 2.19 bits per heavy atom. The lowest BCUT2D eigenvalue weighted by molar-refractivity contribution is -0.385. The van der Waals surface area contributed by atoms with Crippen LogP contribution in [0.1, 0.15) is 25.1 Å². The van der Waals surface area contributed by atoms with Gasteiger partial charge in [0.2, 0.25) is 0 Å². The fourth-order valence-corrected chi connectivity index (χ4v) is 1.47. The molecule has 1 atom stereocenters. The zero-order valence-corrected chi connectivity index (χ0v) is 10.4. The molecule has 1 heterocycles. The van der Waals surface area contributed by atoms with Crippen molar-refractivity contribution in [2.24, 2.45) is 5.92 Å². The van der Waals surface area contributed by atoms with E-state index in [4.69, 9.17) is 11.6 Å². The van der Waals surface area contributed by atoms with Gasteiger partial charge in [0.05, 0.1) is 4.92 Å². The summed E-state index contributed by atoms with van der Waals surface area (Å²) in [5, 5.41) is 10.5. The van der Waals surface area contributed by atoms with Gasteiger partial charge >= 0.3 is 0 Å². The molecule has 0 aromatic carbocycles. The summed E-state index contributed by atoms with van der Waals surface area (Å²) in [4.78, 5) is 14.2. The minimum absolute atomic E-state index is 0.00709. The van der Waals surface area contributed by atoms with Crippen LogP contribution in [0.3, 0.4) is 0 Å². The van der Waals surface area contributed by atoms with Gasteiger partial charge in [0.15, 0.2) is 0 Å². The Morgan fingerprint density at radius 3 is 2.62 bits per heavy atom. The second-order valence-corrected chi connectivity index (χ2v) is 4.74. The van der Waals surface area contributed by atoms with E-state index >= 15 is 0 Å². The fraction of sp³-hybridized carbons (Fsp3) is 0.545. The number of nitrogens with zero attached hydrogens (tertiary/aromatic N) is 2. The topological polar surface area (TPSA) is 56.0 Å². The standard InChI is InChI=1S/C11H15ClN2O2/c1-7(2)10(12)5-11-8(3)4-9(6-13-11)14(15)16/h4,6-7,10H,5H2,1-3H3. The smallest absolute Gasteiger partial charge is 0.258 e. The zero-order valence-electron chi connectivity index (χ0n) is 9.61. The Kier molecular flexibility index (Phi) is 4.24. The van der Waals surface area contributed by atoms with E-state index in [-0.39, 0.29) is 11.1 Å². The minimum atomic E-state index is -0.440. The number of aryl methyl sites for hydroxylation is 1. The molecule has 1 aromatic heterocycles. The maximum Gasteiger partial charge on any atom is 0.287 e. The van der Waals surface area contributed by atoms with Gasteiger partial charge in [-0.05, 0) is 18.4 Å². The predicted octanol–water partition coefficient (Wildman–Crippen LogP) is 3.10. The highest BCUT2D eigenvalue weighted by molar-refractivity contribution is 6.20. The van der Waals surface area contributed by atoms with Gasteiger partial charge in [0.25, 0.3) is 5.69 Å². The van der Waals surface area contributed by atoms with E-state index in [1.165, 1.54) is 12.3 Å². The maximum atomic E-state index is 10.5. The first-order valence-electron chi connectivity index (χ1n) is 5.15. The molecule has 0 radical (unpaired) electrons. The van der Waals surface area contributed by atoms with Crippen molar-refractivity contribution in [1.29, 1.82) is 0 Å². The van der Waals surface area contributed by atoms with Crippen molar-refractivity contribution in [1.82, 2.24) is 4.98 Å². The molecule has 88 valence electrons. The molecule has 4 nitrogen and oxygen atoms in total. The van der Waals surface area contributed by atoms with E-state index < -0.39 is 4.92 Å². The highest BCUT2D eigenvalue weighted by atomic mass is 35.5. The molecule has 16 heavy (non-hydrogen) atoms. The summed E-state index contributed by atoms with van der Waals surface area (Å²) in [6.45, 7) is 5.90. The van der Waals surface area contributed by atoms with E-state index in [2.05, 4.69) is 4.98 Å². The number of hydrogen-bond donors (Lipinski definition) is 0. The number of halogens is 1. The molecule has 0 amide bonds. The summed E-state index contributed by atoms with van der Waals surface area (Å²) in [7, 11) is 0. The average molecular weight is 243 g/mol. The largest absolute Gasteiger partial charge is 0.287 e. The van der Waals surface area contributed by atoms with Gasteiger partial charge in [-0.1, -0.05) is 13.8 Å². The molecular formula is C11H15ClN2O2. The SMILES string of the molecule is Cc1cc([N+](=O)[O-])cnc1CC(Cl)C(C)C. The molecular weight excluding hydrogens is 228 g/mol. The normalized spacial score (nSPS) is 12.8. The molecule has 0 bridgehead atoms. The molecule has 0 N–H and O–H groups in total. The van der Waals surface area contributed by atoms with Gasteiger partial charge in [-0.3, -0.25) is 15.1 Å². The average Bonchev–Trinajstić information content (AvgIpc) is 2.20. The predicted molar refractivity (Wildman–Crippen MR) is 63.8 cm³/mol.